The van der Waals surface area contributed by atoms with Gasteiger partial charge in [0.15, 0.2) is 0 Å². The molecule has 2 amide bonds. The smallest absolute Gasteiger partial charge is 0.412 e. The Morgan fingerprint density at radius 2 is 1.42 bits per heavy atom. The van der Waals surface area contributed by atoms with Gasteiger partial charge in [0.1, 0.15) is 24.1 Å². The maximum atomic E-state index is 14.8. The molecule has 0 saturated heterocycles. The van der Waals surface area contributed by atoms with Gasteiger partial charge in [0.2, 0.25) is 5.79 Å². The maximum Gasteiger partial charge on any atom is 0.412 e. The van der Waals surface area contributed by atoms with Crippen LogP contribution in [0.3, 0.4) is 0 Å². The largest absolute Gasteiger partial charge is 0.459 e. The van der Waals surface area contributed by atoms with Gasteiger partial charge in [0, 0.05) is 56.3 Å². The van der Waals surface area contributed by atoms with E-state index in [9.17, 15) is 29.9 Å². The van der Waals surface area contributed by atoms with Crippen LogP contribution in [0.15, 0.2) is 71.9 Å². The van der Waals surface area contributed by atoms with Crippen molar-refractivity contribution in [3.63, 3.8) is 0 Å². The Balaban J connectivity index is 1.51. The summed E-state index contributed by atoms with van der Waals surface area (Å²) in [4.78, 5) is 47.2. The van der Waals surface area contributed by atoms with Crippen molar-refractivity contribution in [2.45, 2.75) is 225 Å². The first-order valence-electron chi connectivity index (χ1n) is 30.5. The van der Waals surface area contributed by atoms with E-state index in [1.54, 1.807) is 29.2 Å². The summed E-state index contributed by atoms with van der Waals surface area (Å²) in [5, 5.41) is 39.5. The molecule has 1 saturated carbocycles. The van der Waals surface area contributed by atoms with Gasteiger partial charge in [-0.1, -0.05) is 166 Å². The number of aliphatic hydroxyl groups is 2. The molecule has 0 aromatic heterocycles. The molecule has 78 heavy (non-hydrogen) atoms. The van der Waals surface area contributed by atoms with Gasteiger partial charge >= 0.3 is 12.2 Å². The molecular formula is C63H98N4O11. The normalized spacial score (nSPS) is 20.7. The monoisotopic (exact) mass is 1090 g/mol. The second kappa shape index (κ2) is 36.3. The number of nitrogens with one attached hydrogen (secondary N) is 1. The first kappa shape index (κ1) is 63.8. The number of nitro groups is 1. The van der Waals surface area contributed by atoms with Crippen LogP contribution in [0.4, 0.5) is 15.3 Å². The summed E-state index contributed by atoms with van der Waals surface area (Å²) in [5.74, 6) is -1.52. The predicted octanol–water partition coefficient (Wildman–Crippen LogP) is 15.2. The number of hydrogen-bond acceptors (Lipinski definition) is 12. The Bertz CT molecular complexity index is 2130. The lowest BCUT2D eigenvalue weighted by atomic mass is 9.55. The van der Waals surface area contributed by atoms with Gasteiger partial charge in [0.25, 0.3) is 5.69 Å². The van der Waals surface area contributed by atoms with Crippen LogP contribution >= 0.6 is 0 Å². The number of nitro benzene ring substituents is 1. The van der Waals surface area contributed by atoms with E-state index in [-0.39, 0.29) is 62.9 Å². The quantitative estimate of drug-likeness (QED) is 0.0248. The second-order valence-electron chi connectivity index (χ2n) is 22.0. The van der Waals surface area contributed by atoms with Crippen LogP contribution in [0.2, 0.25) is 0 Å². The van der Waals surface area contributed by atoms with E-state index in [2.05, 4.69) is 31.8 Å². The molecule has 5 rings (SSSR count). The molecule has 15 nitrogen and oxygen atoms in total. The molecule has 0 bridgehead atoms. The maximum absolute atomic E-state index is 14.8. The number of allylic oxidation sites excluding steroid dienone is 1. The zero-order valence-corrected chi connectivity index (χ0v) is 47.9. The van der Waals surface area contributed by atoms with Crippen molar-refractivity contribution in [3.8, 4) is 11.5 Å². The number of rotatable bonds is 41. The zero-order chi connectivity index (χ0) is 55.8. The summed E-state index contributed by atoms with van der Waals surface area (Å²) in [5.41, 5.74) is 2.98. The fraction of sp³-hybridized carbons (Fsp3) is 0.698. The van der Waals surface area contributed by atoms with Crippen LogP contribution in [0.1, 0.15) is 218 Å². The van der Waals surface area contributed by atoms with Crippen LogP contribution in [0.25, 0.3) is 0 Å². The third kappa shape index (κ3) is 19.7. The first-order valence-corrected chi connectivity index (χ1v) is 30.5. The fourth-order valence-corrected chi connectivity index (χ4v) is 12.0. The lowest BCUT2D eigenvalue weighted by Crippen LogP contribution is -2.70. The van der Waals surface area contributed by atoms with Crippen LogP contribution < -0.4 is 14.8 Å². The number of carbonyl (C=O) groups is 2. The van der Waals surface area contributed by atoms with E-state index >= 15 is 0 Å². The number of nitrogens with zero attached hydrogens (tertiary/aromatic N) is 3. The highest BCUT2D eigenvalue weighted by molar-refractivity contribution is 6.03. The number of non-ortho nitro benzene ring substituents is 1. The van der Waals surface area contributed by atoms with Gasteiger partial charge in [0.05, 0.1) is 29.8 Å². The Labute approximate surface area is 467 Å². The summed E-state index contributed by atoms with van der Waals surface area (Å²) >= 11 is 0. The highest BCUT2D eigenvalue weighted by Gasteiger charge is 2.65. The molecule has 1 fully saturated rings. The van der Waals surface area contributed by atoms with Gasteiger partial charge in [-0.2, -0.15) is 0 Å². The summed E-state index contributed by atoms with van der Waals surface area (Å²) in [6, 6.07) is 10.9. The zero-order valence-electron chi connectivity index (χ0n) is 47.9. The summed E-state index contributed by atoms with van der Waals surface area (Å²) in [6.45, 7) is 12.0. The van der Waals surface area contributed by atoms with Crippen molar-refractivity contribution >= 4 is 23.6 Å². The average molecular weight is 1090 g/mol. The van der Waals surface area contributed by atoms with Crippen LogP contribution in [-0.2, 0) is 20.9 Å². The Kier molecular flexibility index (Phi) is 29.7. The van der Waals surface area contributed by atoms with E-state index in [1.807, 2.05) is 19.1 Å². The number of benzene rings is 2. The SMILES string of the molecule is C=CCO[C@@]12Oc3ccc(OC(=O)NCCCCCCCCCCCC)cc3[C@H]3[C@H](CCCCO)[C@@H](CCCCO)C=C(C(=NOCc4ccc([N+](=O)[O-])cc4)C[C@@H]1N(CCC)C(=O)OCCCCCCCCCCCC)[C@H]32. The minimum atomic E-state index is -1.49. The molecule has 1 heterocycles. The number of ether oxygens (including phenoxy) is 4. The summed E-state index contributed by atoms with van der Waals surface area (Å²) in [6.07, 6.45) is 31.6. The van der Waals surface area contributed by atoms with Crippen molar-refractivity contribution in [3.05, 3.63) is 88.0 Å². The second-order valence-corrected chi connectivity index (χ2v) is 22.0. The molecule has 2 aromatic rings. The minimum absolute atomic E-state index is 0.0160. The number of carbonyl (C=O) groups excluding carboxylic acids is 2. The minimum Gasteiger partial charge on any atom is -0.459 e. The lowest BCUT2D eigenvalue weighted by molar-refractivity contribution is -0.384. The van der Waals surface area contributed by atoms with E-state index in [0.29, 0.717) is 55.1 Å². The average Bonchev–Trinajstić information content (AvgIpc) is 2.96. The number of oxime groups is 1. The van der Waals surface area contributed by atoms with Crippen LogP contribution in [-0.4, -0.2) is 89.3 Å². The van der Waals surface area contributed by atoms with Gasteiger partial charge in [-0.25, -0.2) is 9.59 Å². The van der Waals surface area contributed by atoms with Crippen LogP contribution in [0.5, 0.6) is 11.5 Å². The van der Waals surface area contributed by atoms with E-state index in [0.717, 1.165) is 75.3 Å². The molecule has 15 heteroatoms. The van der Waals surface area contributed by atoms with E-state index < -0.39 is 34.9 Å². The van der Waals surface area contributed by atoms with E-state index in [4.69, 9.17) is 28.9 Å². The Morgan fingerprint density at radius 3 is 2.03 bits per heavy atom. The van der Waals surface area contributed by atoms with Crippen molar-refractivity contribution in [2.24, 2.45) is 22.9 Å². The molecule has 6 atom stereocenters. The van der Waals surface area contributed by atoms with Gasteiger partial charge in [-0.15, -0.1) is 6.58 Å². The molecule has 436 valence electrons. The van der Waals surface area contributed by atoms with Crippen molar-refractivity contribution in [1.82, 2.24) is 10.2 Å². The highest BCUT2D eigenvalue weighted by atomic mass is 16.7. The third-order valence-corrected chi connectivity index (χ3v) is 16.0. The van der Waals surface area contributed by atoms with Gasteiger partial charge in [-0.3, -0.25) is 15.0 Å². The topological polar surface area (TPSA) is 192 Å². The molecule has 0 unspecified atom stereocenters. The first-order chi connectivity index (χ1) is 38.2. The summed E-state index contributed by atoms with van der Waals surface area (Å²) < 4.78 is 26.8. The third-order valence-electron chi connectivity index (χ3n) is 16.0. The molecule has 2 aromatic carbocycles. The molecule has 3 N–H and O–H groups in total. The Hall–Kier alpha value is -4.99. The molecular weight excluding hydrogens is 989 g/mol. The number of amides is 2. The van der Waals surface area contributed by atoms with E-state index in [1.165, 1.54) is 102 Å². The fourth-order valence-electron chi connectivity index (χ4n) is 12.0. The predicted molar refractivity (Wildman–Crippen MR) is 309 cm³/mol. The standard InChI is InChI=1S/C63H98N4O11/c1-5-9-11-13-15-17-19-21-23-27-39-64-61(70)77-52-37-38-57-55(46-52)59-53(32-26-29-42-69)50(31-25-28-41-68)45-54-56(65-76-48-49-33-35-51(36-34-49)67(72)73)47-58(63(78-57,60(54)59)75-43-8-4)66(40-7-3)62(71)74-44-30-24-22-20-18-16-14-12-10-6-2/h8,33-38,45-46,50,53,58-60,68-69H,4-7,9-32,39-44,47-48H2,1-3H3,(H,64,70)/t50-,53+,58-,59+,60+,63+/m0/s1. The van der Waals surface area contributed by atoms with Crippen LogP contribution in [0, 0.1) is 27.9 Å². The van der Waals surface area contributed by atoms with Crippen molar-refractivity contribution < 1.29 is 48.5 Å². The van der Waals surface area contributed by atoms with Gasteiger partial charge < -0.3 is 39.3 Å². The Morgan fingerprint density at radius 1 is 0.808 bits per heavy atom. The van der Waals surface area contributed by atoms with Gasteiger partial charge in [-0.05, 0) is 98.2 Å². The highest BCUT2D eigenvalue weighted by Crippen LogP contribution is 2.62. The van der Waals surface area contributed by atoms with Crippen molar-refractivity contribution in [2.75, 3.05) is 39.5 Å². The molecule has 0 radical (unpaired) electrons. The number of fused-ring (bicyclic) bond motifs is 2. The number of hydrogen-bond donors (Lipinski definition) is 3. The molecule has 0 spiro atoms. The molecule has 2 aliphatic carbocycles. The van der Waals surface area contributed by atoms with Crippen molar-refractivity contribution in [1.29, 1.82) is 0 Å². The molecule has 1 aliphatic heterocycles. The summed E-state index contributed by atoms with van der Waals surface area (Å²) in [7, 11) is 0. The molecule has 3 aliphatic rings. The number of unbranched alkanes of at least 4 members (excludes halogenated alkanes) is 20. The number of aliphatic hydroxyl groups excluding tert-OH is 2. The lowest BCUT2D eigenvalue weighted by Gasteiger charge is -2.59.